The lowest BCUT2D eigenvalue weighted by molar-refractivity contribution is -0.137. The van der Waals surface area contributed by atoms with Crippen molar-refractivity contribution in [1.29, 1.82) is 0 Å². The van der Waals surface area contributed by atoms with Gasteiger partial charge in [-0.3, -0.25) is 19.2 Å². The Hall–Kier alpha value is -5.69. The fraction of sp³-hybridized carbons (Fsp3) is 0.0645. The third-order valence-electron chi connectivity index (χ3n) is 6.04. The molecular weight excluding hydrogens is 594 g/mol. The zero-order chi connectivity index (χ0) is 31.8. The minimum Gasteiger partial charge on any atom is -0.481 e. The Labute approximate surface area is 254 Å². The fourth-order valence-corrected chi connectivity index (χ4v) is 4.29. The van der Waals surface area contributed by atoms with Crippen LogP contribution >= 0.6 is 12.2 Å². The maximum Gasteiger partial charge on any atom is 0.307 e. The van der Waals surface area contributed by atoms with Crippen molar-refractivity contribution in [2.45, 2.75) is 12.8 Å². The highest BCUT2D eigenvalue weighted by molar-refractivity contribution is 7.80. The van der Waals surface area contributed by atoms with Crippen molar-refractivity contribution in [3.8, 4) is 0 Å². The fourth-order valence-electron chi connectivity index (χ4n) is 4.07. The lowest BCUT2D eigenvalue weighted by Gasteiger charge is -2.13. The number of halogens is 2. The van der Waals surface area contributed by atoms with E-state index in [1.807, 2.05) is 0 Å². The van der Waals surface area contributed by atoms with Crippen molar-refractivity contribution in [3.63, 3.8) is 0 Å². The van der Waals surface area contributed by atoms with Gasteiger partial charge in [0.15, 0.2) is 5.11 Å². The van der Waals surface area contributed by atoms with E-state index < -0.39 is 35.4 Å². The van der Waals surface area contributed by atoms with E-state index in [0.717, 1.165) is 12.1 Å². The van der Waals surface area contributed by atoms with Crippen LogP contribution in [0.25, 0.3) is 0 Å². The van der Waals surface area contributed by atoms with Crippen LogP contribution in [0.4, 0.5) is 31.5 Å². The van der Waals surface area contributed by atoms with E-state index >= 15 is 0 Å². The minimum atomic E-state index is -1.02. The first-order valence-electron chi connectivity index (χ1n) is 12.9. The molecule has 0 saturated heterocycles. The van der Waals surface area contributed by atoms with E-state index in [4.69, 9.17) is 22.4 Å². The predicted octanol–water partition coefficient (Wildman–Crippen LogP) is 5.53. The van der Waals surface area contributed by atoms with Crippen LogP contribution < -0.4 is 21.3 Å². The molecule has 0 atom stereocenters. The summed E-state index contributed by atoms with van der Waals surface area (Å²) in [6.45, 7) is 0. The topological polar surface area (TPSA) is 157 Å². The molecule has 44 heavy (non-hydrogen) atoms. The third kappa shape index (κ3) is 8.66. The van der Waals surface area contributed by atoms with E-state index in [9.17, 15) is 28.0 Å². The average molecular weight is 619 g/mol. The lowest BCUT2D eigenvalue weighted by atomic mass is 10.1. The number of hydrogen-bond donors (Lipinski definition) is 6. The summed E-state index contributed by atoms with van der Waals surface area (Å²) in [6, 6.07) is 19.7. The van der Waals surface area contributed by atoms with Gasteiger partial charge in [-0.15, -0.1) is 0 Å². The molecule has 0 unspecified atom stereocenters. The Morgan fingerprint density at radius 2 is 1.00 bits per heavy atom. The first-order valence-corrected chi connectivity index (χ1v) is 13.3. The third-order valence-corrected chi connectivity index (χ3v) is 6.24. The molecule has 0 saturated carbocycles. The summed E-state index contributed by atoms with van der Waals surface area (Å²) in [5.41, 5.74) is 1.45. The van der Waals surface area contributed by atoms with Crippen LogP contribution in [-0.2, 0) is 22.4 Å². The monoisotopic (exact) mass is 618 g/mol. The zero-order valence-electron chi connectivity index (χ0n) is 22.7. The Morgan fingerprint density at radius 3 is 1.36 bits per heavy atom. The lowest BCUT2D eigenvalue weighted by Crippen LogP contribution is -2.21. The Morgan fingerprint density at radius 1 is 0.591 bits per heavy atom. The van der Waals surface area contributed by atoms with E-state index in [0.29, 0.717) is 22.5 Å². The van der Waals surface area contributed by atoms with Gasteiger partial charge >= 0.3 is 11.9 Å². The molecule has 4 aromatic carbocycles. The Kier molecular flexibility index (Phi) is 9.93. The summed E-state index contributed by atoms with van der Waals surface area (Å²) in [5, 5.41) is 28.1. The SMILES string of the molecule is O=C(O)Cc1cccc(NC(=O)c2ccc(NC(=S)Nc3ccc(C(=O)Nc4cccc(CC(=O)O)c4)cc3F)c(F)c2)c1. The molecule has 4 rings (SSSR count). The number of carboxylic acid groups (broad SMARTS) is 2. The number of nitrogens with one attached hydrogen (secondary N) is 4. The molecule has 13 heteroatoms. The van der Waals surface area contributed by atoms with Crippen molar-refractivity contribution in [2.24, 2.45) is 0 Å². The summed E-state index contributed by atoms with van der Waals surface area (Å²) < 4.78 is 29.6. The number of thiocarbonyl (C=S) groups is 1. The molecule has 0 heterocycles. The van der Waals surface area contributed by atoms with Crippen molar-refractivity contribution >= 4 is 63.8 Å². The number of benzene rings is 4. The number of carbonyl (C=O) groups is 4. The molecule has 0 fully saturated rings. The molecule has 6 N–H and O–H groups in total. The first kappa shape index (κ1) is 31.3. The van der Waals surface area contributed by atoms with E-state index in [1.165, 1.54) is 36.4 Å². The van der Waals surface area contributed by atoms with Crippen LogP contribution in [0, 0.1) is 11.6 Å². The second-order valence-corrected chi connectivity index (χ2v) is 9.83. The zero-order valence-corrected chi connectivity index (χ0v) is 23.5. The standard InChI is InChI=1S/C31H24F2N4O6S/c32-23-15-19(29(42)34-21-5-1-3-17(11-21)13-27(38)39)7-9-25(23)36-31(44)37-26-10-8-20(16-24(26)33)30(43)35-22-6-2-4-18(12-22)14-28(40)41/h1-12,15-16H,13-14H2,(H,34,42)(H,35,43)(H,38,39)(H,40,41)(H2,36,37,44). The van der Waals surface area contributed by atoms with Crippen molar-refractivity contribution in [3.05, 3.63) is 119 Å². The number of aliphatic carboxylic acids is 2. The smallest absolute Gasteiger partial charge is 0.307 e. The highest BCUT2D eigenvalue weighted by atomic mass is 32.1. The molecule has 0 bridgehead atoms. The summed E-state index contributed by atoms with van der Waals surface area (Å²) in [4.78, 5) is 47.0. The van der Waals surface area contributed by atoms with E-state index in [1.54, 1.807) is 36.4 Å². The van der Waals surface area contributed by atoms with Crippen LogP contribution in [-0.4, -0.2) is 39.1 Å². The average Bonchev–Trinajstić information content (AvgIpc) is 2.95. The van der Waals surface area contributed by atoms with Gasteiger partial charge in [0.25, 0.3) is 11.8 Å². The van der Waals surface area contributed by atoms with Gasteiger partial charge in [-0.05, 0) is 84.0 Å². The normalized spacial score (nSPS) is 10.4. The quantitative estimate of drug-likeness (QED) is 0.126. The molecule has 2 amide bonds. The van der Waals surface area contributed by atoms with Gasteiger partial charge in [-0.25, -0.2) is 8.78 Å². The molecule has 4 aromatic rings. The Bertz CT molecular complexity index is 1660. The van der Waals surface area contributed by atoms with Gasteiger partial charge in [0.05, 0.1) is 24.2 Å². The van der Waals surface area contributed by atoms with Crippen molar-refractivity contribution in [2.75, 3.05) is 21.3 Å². The number of hydrogen-bond acceptors (Lipinski definition) is 5. The molecular formula is C31H24F2N4O6S. The van der Waals surface area contributed by atoms with E-state index in [2.05, 4.69) is 21.3 Å². The summed E-state index contributed by atoms with van der Waals surface area (Å²) in [6.07, 6.45) is -0.439. The second kappa shape index (κ2) is 14.0. The second-order valence-electron chi connectivity index (χ2n) is 9.42. The van der Waals surface area contributed by atoms with Crippen LogP contribution in [0.15, 0.2) is 84.9 Å². The van der Waals surface area contributed by atoms with Gasteiger partial charge < -0.3 is 31.5 Å². The summed E-state index contributed by atoms with van der Waals surface area (Å²) in [5.74, 6) is -4.92. The van der Waals surface area contributed by atoms with Gasteiger partial charge in [-0.2, -0.15) is 0 Å². The number of rotatable bonds is 10. The van der Waals surface area contributed by atoms with Crippen molar-refractivity contribution in [1.82, 2.24) is 0 Å². The number of amides is 2. The molecule has 0 radical (unpaired) electrons. The molecule has 224 valence electrons. The summed E-state index contributed by atoms with van der Waals surface area (Å²) in [7, 11) is 0. The number of carbonyl (C=O) groups excluding carboxylic acids is 2. The van der Waals surface area contributed by atoms with Crippen molar-refractivity contribution < 1.29 is 38.2 Å². The largest absolute Gasteiger partial charge is 0.481 e. The molecule has 0 aromatic heterocycles. The highest BCUT2D eigenvalue weighted by Gasteiger charge is 2.15. The highest BCUT2D eigenvalue weighted by Crippen LogP contribution is 2.21. The van der Waals surface area contributed by atoms with Crippen LogP contribution in [0.3, 0.4) is 0 Å². The maximum atomic E-state index is 14.8. The number of carboxylic acids is 2. The van der Waals surface area contributed by atoms with Crippen LogP contribution in [0.5, 0.6) is 0 Å². The minimum absolute atomic E-state index is 0.0101. The number of anilines is 4. The molecule has 0 aliphatic carbocycles. The molecule has 10 nitrogen and oxygen atoms in total. The molecule has 0 spiro atoms. The Balaban J connectivity index is 1.35. The van der Waals surface area contributed by atoms with E-state index in [-0.39, 0.29) is 40.5 Å². The predicted molar refractivity (Wildman–Crippen MR) is 164 cm³/mol. The summed E-state index contributed by atoms with van der Waals surface area (Å²) >= 11 is 5.17. The van der Waals surface area contributed by atoms with Crippen LogP contribution in [0.2, 0.25) is 0 Å². The van der Waals surface area contributed by atoms with Gasteiger partial charge in [0.1, 0.15) is 11.6 Å². The maximum absolute atomic E-state index is 14.8. The van der Waals surface area contributed by atoms with Gasteiger partial charge in [0.2, 0.25) is 0 Å². The van der Waals surface area contributed by atoms with Crippen LogP contribution in [0.1, 0.15) is 31.8 Å². The van der Waals surface area contributed by atoms with Gasteiger partial charge in [-0.1, -0.05) is 24.3 Å². The molecule has 0 aliphatic heterocycles. The molecule has 0 aliphatic rings. The first-order chi connectivity index (χ1) is 21.0. The van der Waals surface area contributed by atoms with Gasteiger partial charge in [0, 0.05) is 22.5 Å².